The Labute approximate surface area is 159 Å². The lowest BCUT2D eigenvalue weighted by Gasteiger charge is -2.33. The number of nitrogens with zero attached hydrogens (tertiary/aromatic N) is 1. The SMILES string of the molecule is Cc1ccccc1SCC(=O)NCC1CN(Cc2ccccc2)CCO1. The third kappa shape index (κ3) is 5.87. The van der Waals surface area contributed by atoms with Crippen molar-refractivity contribution in [3.05, 3.63) is 65.7 Å². The van der Waals surface area contributed by atoms with Gasteiger partial charge in [-0.2, -0.15) is 0 Å². The van der Waals surface area contributed by atoms with Gasteiger partial charge in [-0.3, -0.25) is 9.69 Å². The molecule has 1 saturated heterocycles. The van der Waals surface area contributed by atoms with Crippen LogP contribution in [0.3, 0.4) is 0 Å². The Hall–Kier alpha value is -1.82. The quantitative estimate of drug-likeness (QED) is 0.761. The van der Waals surface area contributed by atoms with E-state index in [1.807, 2.05) is 18.2 Å². The molecule has 1 aliphatic heterocycles. The Kier molecular flexibility index (Phi) is 7.12. The van der Waals surface area contributed by atoms with Gasteiger partial charge in [-0.25, -0.2) is 0 Å². The maximum absolute atomic E-state index is 12.1. The highest BCUT2D eigenvalue weighted by Gasteiger charge is 2.21. The van der Waals surface area contributed by atoms with Gasteiger partial charge in [-0.15, -0.1) is 11.8 Å². The molecule has 1 fully saturated rings. The largest absolute Gasteiger partial charge is 0.374 e. The Morgan fingerprint density at radius 3 is 2.77 bits per heavy atom. The van der Waals surface area contributed by atoms with Gasteiger partial charge in [0.05, 0.1) is 18.5 Å². The predicted octanol–water partition coefficient (Wildman–Crippen LogP) is 3.10. The molecule has 0 bridgehead atoms. The van der Waals surface area contributed by atoms with Crippen molar-refractivity contribution in [3.8, 4) is 0 Å². The Morgan fingerprint density at radius 2 is 1.96 bits per heavy atom. The number of aryl methyl sites for hydroxylation is 1. The van der Waals surface area contributed by atoms with Gasteiger partial charge in [0.1, 0.15) is 0 Å². The highest BCUT2D eigenvalue weighted by molar-refractivity contribution is 8.00. The maximum atomic E-state index is 12.1. The molecule has 138 valence electrons. The number of rotatable bonds is 7. The molecule has 0 radical (unpaired) electrons. The zero-order valence-electron chi connectivity index (χ0n) is 15.2. The minimum atomic E-state index is 0.0554. The molecule has 5 heteroatoms. The van der Waals surface area contributed by atoms with Crippen LogP contribution in [0.25, 0.3) is 0 Å². The van der Waals surface area contributed by atoms with Crippen molar-refractivity contribution in [1.82, 2.24) is 10.2 Å². The van der Waals surface area contributed by atoms with E-state index in [1.165, 1.54) is 11.1 Å². The van der Waals surface area contributed by atoms with Crippen molar-refractivity contribution in [2.24, 2.45) is 0 Å². The monoisotopic (exact) mass is 370 g/mol. The number of benzene rings is 2. The van der Waals surface area contributed by atoms with Crippen LogP contribution >= 0.6 is 11.8 Å². The standard InChI is InChI=1S/C21H26N2O2S/c1-17-7-5-6-10-20(17)26-16-21(24)22-13-19-15-23(11-12-25-19)14-18-8-3-2-4-9-18/h2-10,19H,11-16H2,1H3,(H,22,24). The minimum Gasteiger partial charge on any atom is -0.374 e. The van der Waals surface area contributed by atoms with Crippen molar-refractivity contribution in [2.75, 3.05) is 32.0 Å². The van der Waals surface area contributed by atoms with Gasteiger partial charge in [-0.05, 0) is 24.1 Å². The van der Waals surface area contributed by atoms with Crippen LogP contribution in [-0.2, 0) is 16.1 Å². The molecule has 1 heterocycles. The Balaban J connectivity index is 1.39. The van der Waals surface area contributed by atoms with E-state index in [0.717, 1.165) is 24.5 Å². The second-order valence-corrected chi connectivity index (χ2v) is 7.59. The predicted molar refractivity (Wildman–Crippen MR) is 106 cm³/mol. The van der Waals surface area contributed by atoms with Crippen molar-refractivity contribution in [3.63, 3.8) is 0 Å². The first kappa shape index (κ1) is 19.0. The molecular weight excluding hydrogens is 344 g/mol. The molecule has 1 amide bonds. The lowest BCUT2D eigenvalue weighted by molar-refractivity contribution is -0.119. The molecule has 0 aromatic heterocycles. The fourth-order valence-corrected chi connectivity index (χ4v) is 3.89. The van der Waals surface area contributed by atoms with Crippen LogP contribution in [-0.4, -0.2) is 48.9 Å². The first-order valence-electron chi connectivity index (χ1n) is 9.04. The molecule has 0 aliphatic carbocycles. The molecule has 0 saturated carbocycles. The van der Waals surface area contributed by atoms with Crippen LogP contribution in [0, 0.1) is 6.92 Å². The lowest BCUT2D eigenvalue weighted by atomic mass is 10.2. The minimum absolute atomic E-state index is 0.0554. The maximum Gasteiger partial charge on any atom is 0.230 e. The van der Waals surface area contributed by atoms with E-state index in [0.29, 0.717) is 18.9 Å². The molecule has 0 spiro atoms. The number of hydrogen-bond donors (Lipinski definition) is 1. The van der Waals surface area contributed by atoms with E-state index in [2.05, 4.69) is 53.5 Å². The van der Waals surface area contributed by atoms with Crippen LogP contribution < -0.4 is 5.32 Å². The highest BCUT2D eigenvalue weighted by atomic mass is 32.2. The van der Waals surface area contributed by atoms with Crippen LogP contribution in [0.15, 0.2) is 59.5 Å². The number of carbonyl (C=O) groups is 1. The summed E-state index contributed by atoms with van der Waals surface area (Å²) in [5.74, 6) is 0.493. The Bertz CT molecular complexity index is 708. The summed E-state index contributed by atoms with van der Waals surface area (Å²) in [7, 11) is 0. The van der Waals surface area contributed by atoms with E-state index in [4.69, 9.17) is 4.74 Å². The number of amides is 1. The number of hydrogen-bond acceptors (Lipinski definition) is 4. The van der Waals surface area contributed by atoms with Gasteiger partial charge in [0.2, 0.25) is 5.91 Å². The van der Waals surface area contributed by atoms with E-state index in [9.17, 15) is 4.79 Å². The molecule has 1 unspecified atom stereocenters. The van der Waals surface area contributed by atoms with E-state index >= 15 is 0 Å². The topological polar surface area (TPSA) is 41.6 Å². The zero-order valence-corrected chi connectivity index (χ0v) is 16.0. The van der Waals surface area contributed by atoms with E-state index in [1.54, 1.807) is 11.8 Å². The van der Waals surface area contributed by atoms with Gasteiger partial charge in [0.15, 0.2) is 0 Å². The number of ether oxygens (including phenoxy) is 1. The van der Waals surface area contributed by atoms with Crippen molar-refractivity contribution >= 4 is 17.7 Å². The van der Waals surface area contributed by atoms with Gasteiger partial charge in [0, 0.05) is 31.1 Å². The second kappa shape index (κ2) is 9.76. The number of morpholine rings is 1. The average molecular weight is 371 g/mol. The molecule has 1 N–H and O–H groups in total. The van der Waals surface area contributed by atoms with E-state index < -0.39 is 0 Å². The van der Waals surface area contributed by atoms with Gasteiger partial charge in [-0.1, -0.05) is 48.5 Å². The third-order valence-electron chi connectivity index (χ3n) is 4.45. The van der Waals surface area contributed by atoms with Crippen LogP contribution in [0.2, 0.25) is 0 Å². The van der Waals surface area contributed by atoms with Crippen LogP contribution in [0.4, 0.5) is 0 Å². The summed E-state index contributed by atoms with van der Waals surface area (Å²) < 4.78 is 5.82. The van der Waals surface area contributed by atoms with Crippen molar-refractivity contribution in [2.45, 2.75) is 24.5 Å². The molecule has 1 aliphatic rings. The van der Waals surface area contributed by atoms with E-state index in [-0.39, 0.29) is 12.0 Å². The highest BCUT2D eigenvalue weighted by Crippen LogP contribution is 2.21. The molecule has 26 heavy (non-hydrogen) atoms. The normalized spacial score (nSPS) is 17.8. The molecule has 4 nitrogen and oxygen atoms in total. The van der Waals surface area contributed by atoms with Gasteiger partial charge < -0.3 is 10.1 Å². The number of carbonyl (C=O) groups excluding carboxylic acids is 1. The van der Waals surface area contributed by atoms with Gasteiger partial charge >= 0.3 is 0 Å². The smallest absolute Gasteiger partial charge is 0.230 e. The fraction of sp³-hybridized carbons (Fsp3) is 0.381. The lowest BCUT2D eigenvalue weighted by Crippen LogP contribution is -2.47. The summed E-state index contributed by atoms with van der Waals surface area (Å²) >= 11 is 1.58. The zero-order chi connectivity index (χ0) is 18.2. The second-order valence-electron chi connectivity index (χ2n) is 6.57. The van der Waals surface area contributed by atoms with Crippen LogP contribution in [0.1, 0.15) is 11.1 Å². The number of nitrogens with one attached hydrogen (secondary N) is 1. The third-order valence-corrected chi connectivity index (χ3v) is 5.63. The van der Waals surface area contributed by atoms with Crippen molar-refractivity contribution in [1.29, 1.82) is 0 Å². The average Bonchev–Trinajstić information content (AvgIpc) is 2.67. The number of thioether (sulfide) groups is 1. The summed E-state index contributed by atoms with van der Waals surface area (Å²) in [5.41, 5.74) is 2.52. The summed E-state index contributed by atoms with van der Waals surface area (Å²) in [5, 5.41) is 3.02. The molecule has 2 aromatic carbocycles. The molecule has 2 aromatic rings. The van der Waals surface area contributed by atoms with Gasteiger partial charge in [0.25, 0.3) is 0 Å². The molecular formula is C21H26N2O2S. The first-order chi connectivity index (χ1) is 12.7. The van der Waals surface area contributed by atoms with Crippen molar-refractivity contribution < 1.29 is 9.53 Å². The fourth-order valence-electron chi connectivity index (χ4n) is 3.03. The summed E-state index contributed by atoms with van der Waals surface area (Å²) in [6.07, 6.45) is 0.0554. The van der Waals surface area contributed by atoms with Crippen LogP contribution in [0.5, 0.6) is 0 Å². The first-order valence-corrected chi connectivity index (χ1v) is 10.0. The summed E-state index contributed by atoms with van der Waals surface area (Å²) in [4.78, 5) is 15.7. The summed E-state index contributed by atoms with van der Waals surface area (Å²) in [6, 6.07) is 18.6. The Morgan fingerprint density at radius 1 is 1.19 bits per heavy atom. The summed E-state index contributed by atoms with van der Waals surface area (Å²) in [6.45, 7) is 6.06. The molecule has 3 rings (SSSR count). The molecule has 1 atom stereocenters.